The summed E-state index contributed by atoms with van der Waals surface area (Å²) in [5.74, 6) is 1.08. The quantitative estimate of drug-likeness (QED) is 0.730. The van der Waals surface area contributed by atoms with Gasteiger partial charge in [0.2, 0.25) is 5.91 Å². The Labute approximate surface area is 122 Å². The monoisotopic (exact) mass is 280 g/mol. The van der Waals surface area contributed by atoms with E-state index < -0.39 is 0 Å². The van der Waals surface area contributed by atoms with Gasteiger partial charge in [-0.3, -0.25) is 4.79 Å². The summed E-state index contributed by atoms with van der Waals surface area (Å²) in [4.78, 5) is 14.5. The van der Waals surface area contributed by atoms with Crippen molar-refractivity contribution in [3.63, 3.8) is 0 Å². The summed E-state index contributed by atoms with van der Waals surface area (Å²) in [6.07, 6.45) is 4.45. The number of unbranched alkanes of at least 4 members (excludes halogenated alkanes) is 1. The molecule has 1 aromatic rings. The number of hydrogen-bond donors (Lipinski definition) is 0. The van der Waals surface area contributed by atoms with Crippen LogP contribution in [0.3, 0.4) is 0 Å². The first kappa shape index (κ1) is 16.7. The maximum atomic E-state index is 12.4. The molecule has 1 aromatic heterocycles. The average molecular weight is 280 g/mol. The summed E-state index contributed by atoms with van der Waals surface area (Å²) < 4.78 is 5.15. The second-order valence-electron chi connectivity index (χ2n) is 5.50. The van der Waals surface area contributed by atoms with Crippen molar-refractivity contribution >= 4 is 5.91 Å². The van der Waals surface area contributed by atoms with Crippen LogP contribution >= 0.6 is 0 Å². The first-order chi connectivity index (χ1) is 9.51. The fourth-order valence-electron chi connectivity index (χ4n) is 2.37. The molecular weight excluding hydrogens is 252 g/mol. The lowest BCUT2D eigenvalue weighted by Crippen LogP contribution is -2.39. The maximum Gasteiger partial charge on any atom is 0.223 e. The normalized spacial score (nSPS) is 12.4. The molecule has 0 aliphatic carbocycles. The molecule has 114 valence electrons. The van der Waals surface area contributed by atoms with Crippen LogP contribution in [0, 0.1) is 13.8 Å². The van der Waals surface area contributed by atoms with Gasteiger partial charge in [0.05, 0.1) is 5.69 Å². The summed E-state index contributed by atoms with van der Waals surface area (Å²) >= 11 is 0. The van der Waals surface area contributed by atoms with E-state index in [1.807, 2.05) is 18.7 Å². The molecule has 1 rings (SSSR count). The van der Waals surface area contributed by atoms with Gasteiger partial charge >= 0.3 is 0 Å². The Morgan fingerprint density at radius 3 is 2.55 bits per heavy atom. The lowest BCUT2D eigenvalue weighted by Gasteiger charge is -2.28. The Morgan fingerprint density at radius 1 is 1.35 bits per heavy atom. The van der Waals surface area contributed by atoms with Gasteiger partial charge in [0.15, 0.2) is 0 Å². The van der Waals surface area contributed by atoms with Crippen molar-refractivity contribution < 1.29 is 9.32 Å². The summed E-state index contributed by atoms with van der Waals surface area (Å²) in [5.41, 5.74) is 1.98. The molecule has 0 bridgehead atoms. The molecule has 0 saturated carbocycles. The van der Waals surface area contributed by atoms with E-state index in [2.05, 4.69) is 25.9 Å². The molecule has 1 amide bonds. The lowest BCUT2D eigenvalue weighted by molar-refractivity contribution is -0.133. The Morgan fingerprint density at radius 2 is 2.05 bits per heavy atom. The summed E-state index contributed by atoms with van der Waals surface area (Å²) in [6, 6.07) is 0.318. The van der Waals surface area contributed by atoms with Crippen LogP contribution in [-0.2, 0) is 11.2 Å². The molecule has 0 N–H and O–H groups in total. The highest BCUT2D eigenvalue weighted by molar-refractivity contribution is 5.76. The highest BCUT2D eigenvalue weighted by atomic mass is 16.5. The molecule has 0 fully saturated rings. The minimum atomic E-state index is 0.243. The third kappa shape index (κ3) is 4.36. The van der Waals surface area contributed by atoms with Crippen molar-refractivity contribution in [3.05, 3.63) is 17.0 Å². The standard InChI is InChI=1S/C16H28N2O2/c1-6-8-11-18(12(3)7-2)16(19)10-9-15-13(4)17-20-14(15)5/h12H,6-11H2,1-5H3. The molecule has 4 heteroatoms. The molecule has 1 unspecified atom stereocenters. The largest absolute Gasteiger partial charge is 0.361 e. The topological polar surface area (TPSA) is 46.3 Å². The number of amides is 1. The van der Waals surface area contributed by atoms with E-state index in [9.17, 15) is 4.79 Å². The summed E-state index contributed by atoms with van der Waals surface area (Å²) in [5, 5.41) is 3.94. The van der Waals surface area contributed by atoms with E-state index in [0.717, 1.165) is 49.2 Å². The van der Waals surface area contributed by atoms with Crippen LogP contribution in [0.4, 0.5) is 0 Å². The smallest absolute Gasteiger partial charge is 0.223 e. The van der Waals surface area contributed by atoms with Gasteiger partial charge in [-0.1, -0.05) is 25.4 Å². The van der Waals surface area contributed by atoms with Crippen LogP contribution in [-0.4, -0.2) is 28.6 Å². The van der Waals surface area contributed by atoms with Crippen molar-refractivity contribution in [1.82, 2.24) is 10.1 Å². The minimum absolute atomic E-state index is 0.243. The van der Waals surface area contributed by atoms with Crippen molar-refractivity contribution in [1.29, 1.82) is 0 Å². The fourth-order valence-corrected chi connectivity index (χ4v) is 2.37. The van der Waals surface area contributed by atoms with E-state index >= 15 is 0 Å². The third-order valence-electron chi connectivity index (χ3n) is 3.97. The van der Waals surface area contributed by atoms with Crippen LogP contribution < -0.4 is 0 Å². The maximum absolute atomic E-state index is 12.4. The second-order valence-corrected chi connectivity index (χ2v) is 5.50. The number of aryl methyl sites for hydroxylation is 2. The summed E-state index contributed by atoms with van der Waals surface area (Å²) in [6.45, 7) is 11.1. The predicted molar refractivity (Wildman–Crippen MR) is 80.7 cm³/mol. The van der Waals surface area contributed by atoms with E-state index in [4.69, 9.17) is 4.52 Å². The van der Waals surface area contributed by atoms with Gasteiger partial charge in [0.1, 0.15) is 5.76 Å². The van der Waals surface area contributed by atoms with E-state index in [1.54, 1.807) is 0 Å². The molecule has 4 nitrogen and oxygen atoms in total. The van der Waals surface area contributed by atoms with Crippen LogP contribution in [0.2, 0.25) is 0 Å². The number of hydrogen-bond acceptors (Lipinski definition) is 3. The van der Waals surface area contributed by atoms with E-state index in [0.29, 0.717) is 12.5 Å². The molecule has 0 saturated heterocycles. The Kier molecular flexibility index (Phi) is 6.76. The van der Waals surface area contributed by atoms with Gasteiger partial charge in [-0.25, -0.2) is 0 Å². The SMILES string of the molecule is CCCCN(C(=O)CCc1c(C)noc1C)C(C)CC. The molecule has 0 spiro atoms. The zero-order chi connectivity index (χ0) is 15.1. The first-order valence-electron chi connectivity index (χ1n) is 7.72. The molecule has 1 heterocycles. The van der Waals surface area contributed by atoms with E-state index in [1.165, 1.54) is 0 Å². The minimum Gasteiger partial charge on any atom is -0.361 e. The van der Waals surface area contributed by atoms with Gasteiger partial charge in [-0.05, 0) is 40.0 Å². The lowest BCUT2D eigenvalue weighted by atomic mass is 10.1. The van der Waals surface area contributed by atoms with Crippen LogP contribution in [0.5, 0.6) is 0 Å². The fraction of sp³-hybridized carbons (Fsp3) is 0.750. The van der Waals surface area contributed by atoms with E-state index in [-0.39, 0.29) is 5.91 Å². The zero-order valence-corrected chi connectivity index (χ0v) is 13.5. The van der Waals surface area contributed by atoms with Crippen LogP contribution in [0.25, 0.3) is 0 Å². The van der Waals surface area contributed by atoms with Crippen molar-refractivity contribution in [3.8, 4) is 0 Å². The van der Waals surface area contributed by atoms with Crippen molar-refractivity contribution in [2.75, 3.05) is 6.54 Å². The number of rotatable bonds is 8. The number of carbonyl (C=O) groups is 1. The Hall–Kier alpha value is -1.32. The molecule has 1 atom stereocenters. The highest BCUT2D eigenvalue weighted by Gasteiger charge is 2.19. The Bertz CT molecular complexity index is 407. The Balaban J connectivity index is 2.62. The average Bonchev–Trinajstić information content (AvgIpc) is 2.75. The van der Waals surface area contributed by atoms with Gasteiger partial charge in [0.25, 0.3) is 0 Å². The molecule has 0 aliphatic rings. The van der Waals surface area contributed by atoms with Crippen molar-refractivity contribution in [2.24, 2.45) is 0 Å². The molecule has 0 aliphatic heterocycles. The van der Waals surface area contributed by atoms with Gasteiger partial charge in [0, 0.05) is 24.6 Å². The second kappa shape index (κ2) is 8.08. The predicted octanol–water partition coefficient (Wildman–Crippen LogP) is 3.65. The number of aromatic nitrogens is 1. The summed E-state index contributed by atoms with van der Waals surface area (Å²) in [7, 11) is 0. The van der Waals surface area contributed by atoms with Gasteiger partial charge in [-0.15, -0.1) is 0 Å². The number of carbonyl (C=O) groups excluding carboxylic acids is 1. The number of nitrogens with zero attached hydrogens (tertiary/aromatic N) is 2. The van der Waals surface area contributed by atoms with Crippen LogP contribution in [0.1, 0.15) is 63.5 Å². The van der Waals surface area contributed by atoms with Crippen LogP contribution in [0.15, 0.2) is 4.52 Å². The molecule has 20 heavy (non-hydrogen) atoms. The van der Waals surface area contributed by atoms with Gasteiger partial charge in [-0.2, -0.15) is 0 Å². The first-order valence-corrected chi connectivity index (χ1v) is 7.72. The zero-order valence-electron chi connectivity index (χ0n) is 13.5. The molecular formula is C16H28N2O2. The molecule has 0 radical (unpaired) electrons. The third-order valence-corrected chi connectivity index (χ3v) is 3.97. The highest BCUT2D eigenvalue weighted by Crippen LogP contribution is 2.16. The van der Waals surface area contributed by atoms with Crippen molar-refractivity contribution in [2.45, 2.75) is 72.8 Å². The van der Waals surface area contributed by atoms with Gasteiger partial charge < -0.3 is 9.42 Å². The molecule has 0 aromatic carbocycles.